The van der Waals surface area contributed by atoms with Gasteiger partial charge in [-0.3, -0.25) is 28.8 Å². The number of esters is 1. The Morgan fingerprint density at radius 2 is 1.00 bits per heavy atom. The van der Waals surface area contributed by atoms with Crippen molar-refractivity contribution in [1.29, 1.82) is 0 Å². The fraction of sp³-hybridized carbons (Fsp3) is 0.204. The molecule has 1 heterocycles. The number of ketones is 6. The Labute approximate surface area is 396 Å². The summed E-state index contributed by atoms with van der Waals surface area (Å²) in [5, 5.41) is 8.72. The summed E-state index contributed by atoms with van der Waals surface area (Å²) in [6.07, 6.45) is 10.5. The summed E-state index contributed by atoms with van der Waals surface area (Å²) in [6.45, 7) is 8.85. The van der Waals surface area contributed by atoms with Gasteiger partial charge in [0.2, 0.25) is 11.6 Å². The normalized spacial score (nSPS) is 11.8. The fourth-order valence-electron chi connectivity index (χ4n) is 5.39. The first-order valence-corrected chi connectivity index (χ1v) is 20.7. The number of terminal acetylenes is 1. The van der Waals surface area contributed by atoms with Gasteiger partial charge in [0.1, 0.15) is 23.0 Å². The molecule has 1 atom stereocenters. The molecule has 14 nitrogen and oxygen atoms in total. The average molecular weight is 927 g/mol. The van der Waals surface area contributed by atoms with Crippen molar-refractivity contribution in [2.75, 3.05) is 35.0 Å². The molecule has 0 bridgehead atoms. The molecule has 5 aromatic rings. The molecule has 1 aliphatic rings. The molecule has 0 aliphatic carbocycles. The first kappa shape index (κ1) is 55.9. The topological polar surface area (TPSA) is 195 Å². The van der Waals surface area contributed by atoms with Gasteiger partial charge in [-0.05, 0) is 134 Å². The number of Topliss-reactive ketones (excluding diaryl/α,β-unsaturated/α-hetero) is 4. The van der Waals surface area contributed by atoms with Crippen LogP contribution in [0.4, 0.5) is 0 Å². The summed E-state index contributed by atoms with van der Waals surface area (Å²) in [7, 11) is 5.81. The molecule has 14 heteroatoms. The van der Waals surface area contributed by atoms with E-state index in [2.05, 4.69) is 17.9 Å². The minimum Gasteiger partial charge on any atom is -0.497 e. The molecule has 1 N–H and O–H groups in total. The smallest absolute Gasteiger partial charge is 0.379 e. The number of ether oxygens (including phenoxy) is 6. The maximum absolute atomic E-state index is 11.3. The lowest BCUT2D eigenvalue weighted by Crippen LogP contribution is -2.24. The van der Waals surface area contributed by atoms with Crippen LogP contribution in [0.2, 0.25) is 0 Å². The number of rotatable bonds is 15. The van der Waals surface area contributed by atoms with Gasteiger partial charge in [-0.25, -0.2) is 4.79 Å². The SMILES string of the molecule is C#CC(=O)c1ccc(OC)cc1.C=CC(=O)c1ccc(CO)cc1.C=CC(=O)c1ccc(OC2CCCCO2)cc1.COC(=O)C(=O)c1ccc(OC)cc1.COc1ccc(C(=O)C(C)=O)cc1. The number of aliphatic hydroxyl groups is 1. The second kappa shape index (κ2) is 30.8. The summed E-state index contributed by atoms with van der Waals surface area (Å²) in [5.41, 5.74) is 3.22. The zero-order chi connectivity index (χ0) is 50.4. The van der Waals surface area contributed by atoms with Crippen LogP contribution in [0.1, 0.15) is 83.5 Å². The third kappa shape index (κ3) is 19.5. The number of carbonyl (C=O) groups is 7. The second-order valence-electron chi connectivity index (χ2n) is 13.8. The Morgan fingerprint density at radius 1 is 0.603 bits per heavy atom. The summed E-state index contributed by atoms with van der Waals surface area (Å²) >= 11 is 0. The van der Waals surface area contributed by atoms with Crippen molar-refractivity contribution in [3.8, 4) is 35.3 Å². The molecular formula is C54H54O14. The molecule has 1 aliphatic heterocycles. The van der Waals surface area contributed by atoms with Gasteiger partial charge in [-0.15, -0.1) is 6.42 Å². The molecule has 68 heavy (non-hydrogen) atoms. The van der Waals surface area contributed by atoms with Gasteiger partial charge < -0.3 is 33.5 Å². The number of carbonyl (C=O) groups excluding carboxylic acids is 7. The molecule has 5 aromatic carbocycles. The van der Waals surface area contributed by atoms with Gasteiger partial charge in [0.15, 0.2) is 23.6 Å². The van der Waals surface area contributed by atoms with Crippen LogP contribution in [0, 0.1) is 12.3 Å². The van der Waals surface area contributed by atoms with Crippen LogP contribution in [0.3, 0.4) is 0 Å². The Balaban J connectivity index is 0.000000294. The first-order chi connectivity index (χ1) is 32.7. The highest BCUT2D eigenvalue weighted by Gasteiger charge is 2.17. The van der Waals surface area contributed by atoms with Gasteiger partial charge in [0.25, 0.3) is 5.78 Å². The second-order valence-corrected chi connectivity index (χ2v) is 13.8. The molecule has 1 saturated heterocycles. The summed E-state index contributed by atoms with van der Waals surface area (Å²) in [5.74, 6) is 1.85. The minimum absolute atomic E-state index is 0.00254. The largest absolute Gasteiger partial charge is 0.497 e. The van der Waals surface area contributed by atoms with E-state index >= 15 is 0 Å². The molecule has 0 spiro atoms. The van der Waals surface area contributed by atoms with Crippen molar-refractivity contribution < 1.29 is 67.1 Å². The fourth-order valence-corrected chi connectivity index (χ4v) is 5.39. The Bertz CT molecular complexity index is 2470. The highest BCUT2D eigenvalue weighted by atomic mass is 16.7. The molecule has 0 radical (unpaired) electrons. The maximum Gasteiger partial charge on any atom is 0.379 e. The van der Waals surface area contributed by atoms with Crippen molar-refractivity contribution in [3.63, 3.8) is 0 Å². The number of hydrogen-bond acceptors (Lipinski definition) is 14. The van der Waals surface area contributed by atoms with E-state index in [9.17, 15) is 33.6 Å². The van der Waals surface area contributed by atoms with E-state index in [4.69, 9.17) is 35.2 Å². The van der Waals surface area contributed by atoms with E-state index in [0.717, 1.165) is 37.2 Å². The lowest BCUT2D eigenvalue weighted by atomic mass is 10.1. The van der Waals surface area contributed by atoms with Gasteiger partial charge in [0, 0.05) is 41.2 Å². The highest BCUT2D eigenvalue weighted by Crippen LogP contribution is 2.20. The van der Waals surface area contributed by atoms with E-state index in [1.54, 1.807) is 123 Å². The number of methoxy groups -OCH3 is 4. The quantitative estimate of drug-likeness (QED) is 0.0262. The van der Waals surface area contributed by atoms with Crippen LogP contribution in [0.5, 0.6) is 23.0 Å². The Hall–Kier alpha value is -8.25. The van der Waals surface area contributed by atoms with E-state index in [1.807, 2.05) is 5.92 Å². The van der Waals surface area contributed by atoms with Gasteiger partial charge in [0.05, 0.1) is 41.7 Å². The molecule has 1 unspecified atom stereocenters. The van der Waals surface area contributed by atoms with Gasteiger partial charge >= 0.3 is 5.97 Å². The third-order valence-electron chi connectivity index (χ3n) is 9.21. The standard InChI is InChI=1S/C14H16O3.C10H10O4.C10H10O3.C10H8O2.C10H10O2/c1-2-13(15)11-6-8-12(9-7-11)17-14-5-3-4-10-16-14;1-13-8-5-3-7(4-6-8)9(11)10(12)14-2;1-7(11)10(12)8-3-5-9(13-2)6-4-8;1-3-10(11)8-4-6-9(12-2)7-5-8;1-2-10(12)9-5-3-8(7-11)4-6-9/h2,6-9,14H,1,3-5,10H2;3-6H,1-2H3;3-6H,1-2H3;1,4-7H,2H3;2-6,11H,1,7H2. The third-order valence-corrected chi connectivity index (χ3v) is 9.21. The predicted molar refractivity (Wildman–Crippen MR) is 256 cm³/mol. The van der Waals surface area contributed by atoms with Crippen LogP contribution in [-0.4, -0.2) is 87.1 Å². The van der Waals surface area contributed by atoms with E-state index < -0.39 is 23.3 Å². The Morgan fingerprint density at radius 3 is 1.35 bits per heavy atom. The summed E-state index contributed by atoms with van der Waals surface area (Å²) < 4.78 is 30.2. The summed E-state index contributed by atoms with van der Waals surface area (Å²) in [6, 6.07) is 33.2. The van der Waals surface area contributed by atoms with Crippen molar-refractivity contribution in [2.24, 2.45) is 0 Å². The van der Waals surface area contributed by atoms with Crippen molar-refractivity contribution in [1.82, 2.24) is 0 Å². The minimum atomic E-state index is -0.866. The first-order valence-electron chi connectivity index (χ1n) is 20.7. The molecule has 354 valence electrons. The zero-order valence-corrected chi connectivity index (χ0v) is 38.6. The zero-order valence-electron chi connectivity index (χ0n) is 38.6. The molecule has 0 saturated carbocycles. The van der Waals surface area contributed by atoms with E-state index in [0.29, 0.717) is 39.5 Å². The molecule has 1 fully saturated rings. The maximum atomic E-state index is 11.3. The van der Waals surface area contributed by atoms with Crippen molar-refractivity contribution in [3.05, 3.63) is 180 Å². The number of allylic oxidation sites excluding steroid dienone is 2. The Kier molecular flexibility index (Phi) is 25.3. The lowest BCUT2D eigenvalue weighted by molar-refractivity contribution is -0.135. The highest BCUT2D eigenvalue weighted by molar-refractivity contribution is 6.43. The van der Waals surface area contributed by atoms with Crippen LogP contribution in [0.25, 0.3) is 0 Å². The molecule has 0 amide bonds. The van der Waals surface area contributed by atoms with Crippen molar-refractivity contribution >= 4 is 40.7 Å². The molecular weight excluding hydrogens is 873 g/mol. The molecule has 0 aromatic heterocycles. The van der Waals surface area contributed by atoms with Crippen LogP contribution in [0.15, 0.2) is 147 Å². The average Bonchev–Trinajstić information content (AvgIpc) is 3.40. The number of benzene rings is 5. The van der Waals surface area contributed by atoms with E-state index in [-0.39, 0.29) is 35.8 Å². The van der Waals surface area contributed by atoms with Gasteiger partial charge in [-0.2, -0.15) is 0 Å². The van der Waals surface area contributed by atoms with E-state index in [1.165, 1.54) is 45.4 Å². The molecule has 6 rings (SSSR count). The van der Waals surface area contributed by atoms with Crippen LogP contribution >= 0.6 is 0 Å². The monoisotopic (exact) mass is 926 g/mol. The number of hydrogen-bond donors (Lipinski definition) is 1. The van der Waals surface area contributed by atoms with Crippen LogP contribution < -0.4 is 18.9 Å². The predicted octanol–water partition coefficient (Wildman–Crippen LogP) is 8.54. The van der Waals surface area contributed by atoms with Crippen molar-refractivity contribution in [2.45, 2.75) is 39.1 Å². The lowest BCUT2D eigenvalue weighted by Gasteiger charge is -2.23. The number of aliphatic hydroxyl groups excluding tert-OH is 1. The van der Waals surface area contributed by atoms with Crippen LogP contribution in [-0.2, 0) is 25.7 Å². The summed E-state index contributed by atoms with van der Waals surface area (Å²) in [4.78, 5) is 77.3. The van der Waals surface area contributed by atoms with Gasteiger partial charge in [-0.1, -0.05) is 37.4 Å².